The Kier molecular flexibility index (Phi) is 5.25. The summed E-state index contributed by atoms with van der Waals surface area (Å²) in [6.07, 6.45) is 2.98. The Balaban J connectivity index is 2.48. The zero-order chi connectivity index (χ0) is 12.2. The first kappa shape index (κ1) is 14.0. The molecule has 1 heterocycles. The number of halogens is 1. The standard InChI is InChI=1S/C12H22BrNO2/c1-4-12(3,5-6-13)14-11(15)10-7-9(2)16-8-10/h9-10H,4-8H2,1-3H3,(H,14,15). The van der Waals surface area contributed by atoms with E-state index in [0.717, 1.165) is 24.6 Å². The molecular weight excluding hydrogens is 270 g/mol. The topological polar surface area (TPSA) is 38.3 Å². The number of alkyl halides is 1. The van der Waals surface area contributed by atoms with Crippen LogP contribution in [0.3, 0.4) is 0 Å². The summed E-state index contributed by atoms with van der Waals surface area (Å²) in [4.78, 5) is 12.0. The zero-order valence-corrected chi connectivity index (χ0v) is 12.0. The van der Waals surface area contributed by atoms with Gasteiger partial charge in [-0.25, -0.2) is 0 Å². The van der Waals surface area contributed by atoms with E-state index >= 15 is 0 Å². The number of carbonyl (C=O) groups is 1. The number of hydrogen-bond donors (Lipinski definition) is 1. The summed E-state index contributed by atoms with van der Waals surface area (Å²) in [5, 5.41) is 4.07. The van der Waals surface area contributed by atoms with Crippen LogP contribution < -0.4 is 5.32 Å². The second-order valence-corrected chi connectivity index (χ2v) is 5.71. The maximum absolute atomic E-state index is 12.0. The molecule has 3 nitrogen and oxygen atoms in total. The van der Waals surface area contributed by atoms with Crippen molar-refractivity contribution in [2.24, 2.45) is 5.92 Å². The fourth-order valence-electron chi connectivity index (χ4n) is 1.94. The second kappa shape index (κ2) is 6.01. The normalized spacial score (nSPS) is 28.8. The van der Waals surface area contributed by atoms with Gasteiger partial charge in [0.25, 0.3) is 0 Å². The molecule has 1 aliphatic heterocycles. The molecule has 0 bridgehead atoms. The Labute approximate surface area is 106 Å². The molecular formula is C12H22BrNO2. The molecule has 1 aliphatic rings. The molecule has 0 aromatic carbocycles. The summed E-state index contributed by atoms with van der Waals surface area (Å²) in [6.45, 7) is 6.80. The predicted molar refractivity (Wildman–Crippen MR) is 68.8 cm³/mol. The smallest absolute Gasteiger partial charge is 0.225 e. The van der Waals surface area contributed by atoms with Gasteiger partial charge in [-0.3, -0.25) is 4.79 Å². The molecule has 0 radical (unpaired) electrons. The highest BCUT2D eigenvalue weighted by molar-refractivity contribution is 9.09. The third-order valence-corrected chi connectivity index (χ3v) is 3.82. The van der Waals surface area contributed by atoms with E-state index in [1.165, 1.54) is 0 Å². The van der Waals surface area contributed by atoms with Crippen LogP contribution in [0.4, 0.5) is 0 Å². The highest BCUT2D eigenvalue weighted by atomic mass is 79.9. The predicted octanol–water partition coefficient (Wildman–Crippen LogP) is 2.48. The lowest BCUT2D eigenvalue weighted by Crippen LogP contribution is -2.48. The number of amides is 1. The highest BCUT2D eigenvalue weighted by Gasteiger charge is 2.32. The van der Waals surface area contributed by atoms with Crippen LogP contribution in [0.25, 0.3) is 0 Å². The first-order valence-corrected chi connectivity index (χ1v) is 7.12. The average molecular weight is 292 g/mol. The van der Waals surface area contributed by atoms with Gasteiger partial charge in [0.05, 0.1) is 18.6 Å². The first-order valence-electron chi connectivity index (χ1n) is 6.00. The van der Waals surface area contributed by atoms with Gasteiger partial charge in [-0.1, -0.05) is 22.9 Å². The van der Waals surface area contributed by atoms with Crippen LogP contribution in [-0.2, 0) is 9.53 Å². The molecule has 16 heavy (non-hydrogen) atoms. The van der Waals surface area contributed by atoms with Crippen molar-refractivity contribution in [2.75, 3.05) is 11.9 Å². The molecule has 0 aromatic heterocycles. The van der Waals surface area contributed by atoms with Gasteiger partial charge in [0.15, 0.2) is 0 Å². The van der Waals surface area contributed by atoms with Gasteiger partial charge < -0.3 is 10.1 Å². The average Bonchev–Trinajstić information content (AvgIpc) is 2.65. The Morgan fingerprint density at radius 3 is 2.75 bits per heavy atom. The lowest BCUT2D eigenvalue weighted by molar-refractivity contribution is -0.126. The number of carbonyl (C=O) groups excluding carboxylic acids is 1. The van der Waals surface area contributed by atoms with Crippen LogP contribution in [-0.4, -0.2) is 29.5 Å². The van der Waals surface area contributed by atoms with Gasteiger partial charge in [-0.15, -0.1) is 0 Å². The van der Waals surface area contributed by atoms with E-state index in [2.05, 4.69) is 35.1 Å². The molecule has 1 saturated heterocycles. The molecule has 1 amide bonds. The van der Waals surface area contributed by atoms with E-state index < -0.39 is 0 Å². The number of hydrogen-bond acceptors (Lipinski definition) is 2. The third kappa shape index (κ3) is 3.74. The van der Waals surface area contributed by atoms with Crippen LogP contribution in [0, 0.1) is 5.92 Å². The van der Waals surface area contributed by atoms with E-state index in [1.54, 1.807) is 0 Å². The largest absolute Gasteiger partial charge is 0.378 e. The second-order valence-electron chi connectivity index (χ2n) is 4.92. The quantitative estimate of drug-likeness (QED) is 0.791. The van der Waals surface area contributed by atoms with Crippen molar-refractivity contribution >= 4 is 21.8 Å². The summed E-state index contributed by atoms with van der Waals surface area (Å²) in [7, 11) is 0. The van der Waals surface area contributed by atoms with Crippen molar-refractivity contribution in [2.45, 2.75) is 51.7 Å². The fourth-order valence-corrected chi connectivity index (χ4v) is 2.81. The van der Waals surface area contributed by atoms with Crippen LogP contribution in [0.5, 0.6) is 0 Å². The minimum Gasteiger partial charge on any atom is -0.378 e. The Morgan fingerprint density at radius 1 is 1.62 bits per heavy atom. The maximum atomic E-state index is 12.0. The van der Waals surface area contributed by atoms with Crippen molar-refractivity contribution in [3.63, 3.8) is 0 Å². The van der Waals surface area contributed by atoms with Crippen molar-refractivity contribution in [3.05, 3.63) is 0 Å². The van der Waals surface area contributed by atoms with E-state index in [9.17, 15) is 4.79 Å². The summed E-state index contributed by atoms with van der Waals surface area (Å²) < 4.78 is 5.42. The van der Waals surface area contributed by atoms with Crippen LogP contribution >= 0.6 is 15.9 Å². The number of nitrogens with one attached hydrogen (secondary N) is 1. The van der Waals surface area contributed by atoms with Crippen molar-refractivity contribution in [3.8, 4) is 0 Å². The van der Waals surface area contributed by atoms with E-state index in [4.69, 9.17) is 4.74 Å². The molecule has 4 heteroatoms. The fraction of sp³-hybridized carbons (Fsp3) is 0.917. The zero-order valence-electron chi connectivity index (χ0n) is 10.4. The van der Waals surface area contributed by atoms with Crippen molar-refractivity contribution in [1.29, 1.82) is 0 Å². The van der Waals surface area contributed by atoms with Crippen LogP contribution in [0.2, 0.25) is 0 Å². The molecule has 3 atom stereocenters. The summed E-state index contributed by atoms with van der Waals surface area (Å²) in [6, 6.07) is 0. The molecule has 1 fully saturated rings. The maximum Gasteiger partial charge on any atom is 0.225 e. The summed E-state index contributed by atoms with van der Waals surface area (Å²) in [5.74, 6) is 0.186. The van der Waals surface area contributed by atoms with Gasteiger partial charge in [-0.2, -0.15) is 0 Å². The van der Waals surface area contributed by atoms with E-state index in [1.807, 2.05) is 6.92 Å². The Morgan fingerprint density at radius 2 is 2.31 bits per heavy atom. The van der Waals surface area contributed by atoms with Gasteiger partial charge in [0, 0.05) is 10.9 Å². The lowest BCUT2D eigenvalue weighted by Gasteiger charge is -2.30. The molecule has 0 spiro atoms. The third-order valence-electron chi connectivity index (χ3n) is 3.42. The van der Waals surface area contributed by atoms with Gasteiger partial charge in [-0.05, 0) is 33.1 Å². The molecule has 94 valence electrons. The van der Waals surface area contributed by atoms with Crippen molar-refractivity contribution < 1.29 is 9.53 Å². The van der Waals surface area contributed by atoms with Gasteiger partial charge in [0.1, 0.15) is 0 Å². The van der Waals surface area contributed by atoms with E-state index in [0.29, 0.717) is 6.61 Å². The Hall–Kier alpha value is -0.0900. The monoisotopic (exact) mass is 291 g/mol. The summed E-state index contributed by atoms with van der Waals surface area (Å²) >= 11 is 3.43. The molecule has 0 aromatic rings. The number of ether oxygens (including phenoxy) is 1. The van der Waals surface area contributed by atoms with Gasteiger partial charge >= 0.3 is 0 Å². The van der Waals surface area contributed by atoms with Crippen LogP contribution in [0.15, 0.2) is 0 Å². The number of rotatable bonds is 5. The SMILES string of the molecule is CCC(C)(CCBr)NC(=O)C1COC(C)C1. The molecule has 1 N–H and O–H groups in total. The van der Waals surface area contributed by atoms with Gasteiger partial charge in [0.2, 0.25) is 5.91 Å². The lowest BCUT2D eigenvalue weighted by atomic mass is 9.94. The summed E-state index contributed by atoms with van der Waals surface area (Å²) in [5.41, 5.74) is -0.0909. The minimum atomic E-state index is -0.0909. The van der Waals surface area contributed by atoms with Crippen LogP contribution in [0.1, 0.15) is 40.0 Å². The minimum absolute atomic E-state index is 0.0381. The van der Waals surface area contributed by atoms with Crippen molar-refractivity contribution in [1.82, 2.24) is 5.32 Å². The Bertz CT molecular complexity index is 247. The molecule has 0 saturated carbocycles. The first-order chi connectivity index (χ1) is 7.50. The van der Waals surface area contributed by atoms with E-state index in [-0.39, 0.29) is 23.5 Å². The highest BCUT2D eigenvalue weighted by Crippen LogP contribution is 2.22. The molecule has 1 rings (SSSR count). The molecule has 0 aliphatic carbocycles. The molecule has 3 unspecified atom stereocenters.